The van der Waals surface area contributed by atoms with Crippen molar-refractivity contribution in [2.45, 2.75) is 31.0 Å². The maximum absolute atomic E-state index is 6.00. The monoisotopic (exact) mass is 327 g/mol. The van der Waals surface area contributed by atoms with Crippen LogP contribution in [0.5, 0.6) is 5.75 Å². The second-order valence-electron chi connectivity index (χ2n) is 6.16. The molecule has 5 heteroatoms. The van der Waals surface area contributed by atoms with E-state index in [-0.39, 0.29) is 24.4 Å². The van der Waals surface area contributed by atoms with Crippen LogP contribution in [0.15, 0.2) is 54.6 Å². The Hall–Kier alpha value is -2.08. The number of hydrogen-bond acceptors (Lipinski definition) is 5. The van der Waals surface area contributed by atoms with Crippen LogP contribution in [0, 0.1) is 0 Å². The SMILES string of the molecule is Nc1ccc(OC2CO[C@@H]3[C@@H](OCc4ccccc4)CO[C@H]23)cc1. The molecule has 0 amide bonds. The van der Waals surface area contributed by atoms with Crippen LogP contribution in [-0.2, 0) is 20.8 Å². The van der Waals surface area contributed by atoms with Crippen molar-refractivity contribution in [3.63, 3.8) is 0 Å². The molecule has 0 spiro atoms. The molecule has 0 aromatic heterocycles. The van der Waals surface area contributed by atoms with Gasteiger partial charge in [0.1, 0.15) is 24.1 Å². The Kier molecular flexibility index (Phi) is 4.38. The van der Waals surface area contributed by atoms with Gasteiger partial charge in [-0.05, 0) is 29.8 Å². The molecule has 2 N–H and O–H groups in total. The Morgan fingerprint density at radius 2 is 1.54 bits per heavy atom. The van der Waals surface area contributed by atoms with Gasteiger partial charge >= 0.3 is 0 Å². The third kappa shape index (κ3) is 3.24. The number of rotatable bonds is 5. The number of benzene rings is 2. The summed E-state index contributed by atoms with van der Waals surface area (Å²) in [5.74, 6) is 0.774. The number of anilines is 1. The number of fused-ring (bicyclic) bond motifs is 1. The lowest BCUT2D eigenvalue weighted by Crippen LogP contribution is -2.35. The van der Waals surface area contributed by atoms with Gasteiger partial charge in [0.15, 0.2) is 6.10 Å². The molecule has 2 aromatic rings. The summed E-state index contributed by atoms with van der Waals surface area (Å²) in [6.07, 6.45) is -0.352. The lowest BCUT2D eigenvalue weighted by molar-refractivity contribution is -0.0425. The predicted octanol–water partition coefficient (Wildman–Crippen LogP) is 2.40. The van der Waals surface area contributed by atoms with Crippen molar-refractivity contribution in [1.29, 1.82) is 0 Å². The molecule has 2 fully saturated rings. The molecule has 0 aliphatic carbocycles. The molecule has 2 aliphatic rings. The third-order valence-electron chi connectivity index (χ3n) is 4.44. The van der Waals surface area contributed by atoms with Crippen molar-refractivity contribution in [3.05, 3.63) is 60.2 Å². The highest BCUT2D eigenvalue weighted by atomic mass is 16.6. The fourth-order valence-corrected chi connectivity index (χ4v) is 3.17. The van der Waals surface area contributed by atoms with Crippen LogP contribution in [-0.4, -0.2) is 37.6 Å². The summed E-state index contributed by atoms with van der Waals surface area (Å²) in [6.45, 7) is 1.60. The van der Waals surface area contributed by atoms with Crippen molar-refractivity contribution >= 4 is 5.69 Å². The highest BCUT2D eigenvalue weighted by molar-refractivity contribution is 5.41. The number of ether oxygens (including phenoxy) is 4. The lowest BCUT2D eigenvalue weighted by atomic mass is 10.1. The molecule has 5 nitrogen and oxygen atoms in total. The molecule has 1 unspecified atom stereocenters. The molecule has 2 saturated heterocycles. The smallest absolute Gasteiger partial charge is 0.151 e. The Balaban J connectivity index is 1.34. The normalized spacial score (nSPS) is 28.7. The molecule has 4 rings (SSSR count). The van der Waals surface area contributed by atoms with Gasteiger partial charge in [0.2, 0.25) is 0 Å². The van der Waals surface area contributed by atoms with Gasteiger partial charge in [0.05, 0.1) is 19.8 Å². The van der Waals surface area contributed by atoms with Gasteiger partial charge < -0.3 is 24.7 Å². The van der Waals surface area contributed by atoms with Crippen LogP contribution >= 0.6 is 0 Å². The van der Waals surface area contributed by atoms with E-state index in [4.69, 9.17) is 24.7 Å². The topological polar surface area (TPSA) is 62.9 Å². The molecule has 0 bridgehead atoms. The standard InChI is InChI=1S/C19H21NO4/c20-14-6-8-15(9-7-14)24-17-12-23-18-16(11-22-19(17)18)21-10-13-4-2-1-3-5-13/h1-9,16-19H,10-12,20H2/t16-,17?,18+,19+/m0/s1. The molecule has 24 heavy (non-hydrogen) atoms. The zero-order chi connectivity index (χ0) is 16.4. The first-order valence-corrected chi connectivity index (χ1v) is 8.20. The summed E-state index contributed by atoms with van der Waals surface area (Å²) < 4.78 is 23.8. The maximum Gasteiger partial charge on any atom is 0.151 e. The Morgan fingerprint density at radius 3 is 2.29 bits per heavy atom. The average Bonchev–Trinajstić information content (AvgIpc) is 3.19. The van der Waals surface area contributed by atoms with E-state index in [1.165, 1.54) is 0 Å². The van der Waals surface area contributed by atoms with Gasteiger partial charge in [0, 0.05) is 5.69 Å². The zero-order valence-electron chi connectivity index (χ0n) is 13.3. The van der Waals surface area contributed by atoms with Crippen molar-refractivity contribution in [3.8, 4) is 5.75 Å². The minimum Gasteiger partial charge on any atom is -0.485 e. The first-order valence-electron chi connectivity index (χ1n) is 8.20. The van der Waals surface area contributed by atoms with E-state index in [0.717, 1.165) is 17.0 Å². The maximum atomic E-state index is 6.00. The molecule has 4 atom stereocenters. The summed E-state index contributed by atoms with van der Waals surface area (Å²) in [4.78, 5) is 0. The summed E-state index contributed by atoms with van der Waals surface area (Å²) in [5.41, 5.74) is 7.56. The number of nitrogens with two attached hydrogens (primary N) is 1. The van der Waals surface area contributed by atoms with Crippen LogP contribution in [0.25, 0.3) is 0 Å². The van der Waals surface area contributed by atoms with E-state index in [1.807, 2.05) is 42.5 Å². The van der Waals surface area contributed by atoms with Crippen LogP contribution in [0.2, 0.25) is 0 Å². The van der Waals surface area contributed by atoms with E-state index in [2.05, 4.69) is 12.1 Å². The van der Waals surface area contributed by atoms with E-state index >= 15 is 0 Å². The van der Waals surface area contributed by atoms with Gasteiger partial charge in [-0.1, -0.05) is 30.3 Å². The Labute approximate surface area is 141 Å². The molecule has 126 valence electrons. The predicted molar refractivity (Wildman–Crippen MR) is 89.8 cm³/mol. The average molecular weight is 327 g/mol. The Bertz CT molecular complexity index is 661. The molecular weight excluding hydrogens is 306 g/mol. The molecule has 0 saturated carbocycles. The second-order valence-corrected chi connectivity index (χ2v) is 6.16. The zero-order valence-corrected chi connectivity index (χ0v) is 13.3. The summed E-state index contributed by atoms with van der Waals surface area (Å²) in [6, 6.07) is 17.5. The van der Waals surface area contributed by atoms with Crippen molar-refractivity contribution in [1.82, 2.24) is 0 Å². The number of hydrogen-bond donors (Lipinski definition) is 1. The molecule has 2 aliphatic heterocycles. The van der Waals surface area contributed by atoms with Gasteiger partial charge in [-0.2, -0.15) is 0 Å². The van der Waals surface area contributed by atoms with Gasteiger partial charge in [0.25, 0.3) is 0 Å². The minimum absolute atomic E-state index is 0.0600. The largest absolute Gasteiger partial charge is 0.485 e. The summed E-state index contributed by atoms with van der Waals surface area (Å²) >= 11 is 0. The number of nitrogen functional groups attached to an aromatic ring is 1. The van der Waals surface area contributed by atoms with Crippen molar-refractivity contribution in [2.24, 2.45) is 0 Å². The van der Waals surface area contributed by atoms with Crippen LogP contribution in [0.4, 0.5) is 5.69 Å². The lowest BCUT2D eigenvalue weighted by Gasteiger charge is -2.18. The highest BCUT2D eigenvalue weighted by Crippen LogP contribution is 2.32. The quantitative estimate of drug-likeness (QED) is 0.855. The summed E-state index contributed by atoms with van der Waals surface area (Å²) in [5, 5.41) is 0. The fourth-order valence-electron chi connectivity index (χ4n) is 3.17. The van der Waals surface area contributed by atoms with E-state index in [0.29, 0.717) is 19.8 Å². The van der Waals surface area contributed by atoms with E-state index in [9.17, 15) is 0 Å². The summed E-state index contributed by atoms with van der Waals surface area (Å²) in [7, 11) is 0. The highest BCUT2D eigenvalue weighted by Gasteiger charge is 2.49. The Morgan fingerprint density at radius 1 is 0.875 bits per heavy atom. The minimum atomic E-state index is -0.121. The molecule has 2 heterocycles. The second kappa shape index (κ2) is 6.81. The van der Waals surface area contributed by atoms with Gasteiger partial charge in [-0.3, -0.25) is 0 Å². The molecule has 2 aromatic carbocycles. The van der Waals surface area contributed by atoms with Crippen LogP contribution in [0.3, 0.4) is 0 Å². The van der Waals surface area contributed by atoms with E-state index in [1.54, 1.807) is 0 Å². The van der Waals surface area contributed by atoms with Crippen LogP contribution < -0.4 is 10.5 Å². The van der Waals surface area contributed by atoms with Gasteiger partial charge in [-0.15, -0.1) is 0 Å². The van der Waals surface area contributed by atoms with Crippen molar-refractivity contribution in [2.75, 3.05) is 18.9 Å². The first kappa shape index (κ1) is 15.4. The molecular formula is C19H21NO4. The van der Waals surface area contributed by atoms with Gasteiger partial charge in [-0.25, -0.2) is 0 Å². The molecule has 0 radical (unpaired) electrons. The van der Waals surface area contributed by atoms with Crippen LogP contribution in [0.1, 0.15) is 5.56 Å². The van der Waals surface area contributed by atoms with E-state index < -0.39 is 0 Å². The fraction of sp³-hybridized carbons (Fsp3) is 0.368. The third-order valence-corrected chi connectivity index (χ3v) is 4.44. The first-order chi connectivity index (χ1) is 11.8. The van der Waals surface area contributed by atoms with Crippen molar-refractivity contribution < 1.29 is 18.9 Å².